The molecule has 2 N–H and O–H groups in total. The van der Waals surface area contributed by atoms with Gasteiger partial charge in [0.2, 0.25) is 5.91 Å². The number of anilines is 1. The summed E-state index contributed by atoms with van der Waals surface area (Å²) < 4.78 is 15.1. The Labute approximate surface area is 219 Å². The molecule has 206 valence electrons. The summed E-state index contributed by atoms with van der Waals surface area (Å²) in [6.45, 7) is 5.27. The summed E-state index contributed by atoms with van der Waals surface area (Å²) in [5, 5.41) is 10.4. The van der Waals surface area contributed by atoms with Crippen LogP contribution in [-0.2, 0) is 23.8 Å². The molecule has 2 aliphatic rings. The Hall–Kier alpha value is -4.20. The highest BCUT2D eigenvalue weighted by Crippen LogP contribution is 2.23. The van der Waals surface area contributed by atoms with E-state index < -0.39 is 30.3 Å². The van der Waals surface area contributed by atoms with Gasteiger partial charge in [0.15, 0.2) is 0 Å². The Morgan fingerprint density at radius 1 is 1.11 bits per heavy atom. The van der Waals surface area contributed by atoms with Gasteiger partial charge < -0.3 is 19.1 Å². The smallest absolute Gasteiger partial charge is 0.417 e. The van der Waals surface area contributed by atoms with E-state index in [1.165, 1.54) is 16.8 Å². The largest absolute Gasteiger partial charge is 0.465 e. The van der Waals surface area contributed by atoms with Crippen molar-refractivity contribution in [2.45, 2.75) is 20.0 Å². The van der Waals surface area contributed by atoms with Crippen molar-refractivity contribution >= 4 is 41.6 Å². The molecule has 0 aliphatic carbocycles. The Bertz CT molecular complexity index is 1080. The maximum absolute atomic E-state index is 12.5. The minimum atomic E-state index is -0.835. The fourth-order valence-electron chi connectivity index (χ4n) is 3.93. The van der Waals surface area contributed by atoms with Gasteiger partial charge in [0.25, 0.3) is 0 Å². The zero-order valence-corrected chi connectivity index (χ0v) is 21.6. The van der Waals surface area contributed by atoms with Crippen LogP contribution in [0.5, 0.6) is 0 Å². The van der Waals surface area contributed by atoms with Gasteiger partial charge in [-0.25, -0.2) is 19.3 Å². The summed E-state index contributed by atoms with van der Waals surface area (Å²) in [5.74, 6) is -0.863. The van der Waals surface area contributed by atoms with Gasteiger partial charge in [-0.05, 0) is 38.1 Å². The molecule has 14 nitrogen and oxygen atoms in total. The van der Waals surface area contributed by atoms with Gasteiger partial charge in [-0.1, -0.05) is 0 Å². The molecular weight excluding hydrogens is 500 g/mol. The maximum Gasteiger partial charge on any atom is 0.417 e. The van der Waals surface area contributed by atoms with Gasteiger partial charge in [0, 0.05) is 37.9 Å². The number of esters is 1. The first-order chi connectivity index (χ1) is 18.1. The summed E-state index contributed by atoms with van der Waals surface area (Å²) in [7, 11) is 1.23. The van der Waals surface area contributed by atoms with Gasteiger partial charge >= 0.3 is 24.2 Å². The van der Waals surface area contributed by atoms with Gasteiger partial charge in [0.1, 0.15) is 18.5 Å². The number of ether oxygens (including phenoxy) is 3. The monoisotopic (exact) mass is 532 g/mol. The molecule has 0 bridgehead atoms. The number of imide groups is 1. The van der Waals surface area contributed by atoms with Crippen molar-refractivity contribution in [3.05, 3.63) is 29.8 Å². The van der Waals surface area contributed by atoms with Gasteiger partial charge in [-0.3, -0.25) is 30.1 Å². The number of nitrogens with one attached hydrogen (secondary N) is 2. The first-order valence-corrected chi connectivity index (χ1v) is 12.2. The number of amidine groups is 1. The number of carbonyl (C=O) groups excluding carboxylic acids is 5. The SMILES string of the molecule is CCOC(=O)CN1CCN(CC2CN(c3ccc(C(=N)NC(=O)N(C)C(=O)OCC)cc3)C(=O)O2)CC1=O. The lowest BCUT2D eigenvalue weighted by Gasteiger charge is -2.34. The number of carbonyl (C=O) groups is 5. The van der Waals surface area contributed by atoms with Gasteiger partial charge in [0.05, 0.1) is 26.3 Å². The van der Waals surface area contributed by atoms with Crippen molar-refractivity contribution in [2.24, 2.45) is 0 Å². The van der Waals surface area contributed by atoms with Crippen molar-refractivity contribution in [3.63, 3.8) is 0 Å². The molecule has 2 aliphatic heterocycles. The average Bonchev–Trinajstić information content (AvgIpc) is 3.25. The van der Waals surface area contributed by atoms with Crippen LogP contribution in [0.25, 0.3) is 0 Å². The van der Waals surface area contributed by atoms with Crippen LogP contribution in [0.2, 0.25) is 0 Å². The quantitative estimate of drug-likeness (QED) is 0.214. The zero-order valence-electron chi connectivity index (χ0n) is 21.6. The predicted molar refractivity (Wildman–Crippen MR) is 134 cm³/mol. The maximum atomic E-state index is 12.5. The second-order valence-electron chi connectivity index (χ2n) is 8.58. The van der Waals surface area contributed by atoms with Crippen LogP contribution in [0.15, 0.2) is 24.3 Å². The van der Waals surface area contributed by atoms with Crippen molar-refractivity contribution in [1.82, 2.24) is 20.0 Å². The highest BCUT2D eigenvalue weighted by Gasteiger charge is 2.35. The third-order valence-corrected chi connectivity index (χ3v) is 5.90. The van der Waals surface area contributed by atoms with E-state index >= 15 is 0 Å². The summed E-state index contributed by atoms with van der Waals surface area (Å²) in [6.07, 6.45) is -1.82. The number of nitrogens with zero attached hydrogens (tertiary/aromatic N) is 4. The molecule has 1 aromatic rings. The van der Waals surface area contributed by atoms with Crippen molar-refractivity contribution < 1.29 is 38.2 Å². The molecule has 3 rings (SSSR count). The Morgan fingerprint density at radius 2 is 1.79 bits per heavy atom. The van der Waals surface area contributed by atoms with Gasteiger partial charge in [-0.15, -0.1) is 0 Å². The third-order valence-electron chi connectivity index (χ3n) is 5.90. The van der Waals surface area contributed by atoms with E-state index in [-0.39, 0.29) is 44.6 Å². The summed E-state index contributed by atoms with van der Waals surface area (Å²) in [4.78, 5) is 65.9. The normalized spacial score (nSPS) is 17.6. The Balaban J connectivity index is 1.51. The molecular formula is C24H32N6O8. The van der Waals surface area contributed by atoms with Gasteiger partial charge in [-0.2, -0.15) is 0 Å². The molecule has 38 heavy (non-hydrogen) atoms. The van der Waals surface area contributed by atoms with Crippen LogP contribution in [0.4, 0.5) is 20.1 Å². The lowest BCUT2D eigenvalue weighted by molar-refractivity contribution is -0.151. The molecule has 2 heterocycles. The molecule has 2 fully saturated rings. The number of hydrogen-bond donors (Lipinski definition) is 2. The highest BCUT2D eigenvalue weighted by molar-refractivity contribution is 6.08. The van der Waals surface area contributed by atoms with Crippen LogP contribution in [0, 0.1) is 5.41 Å². The van der Waals surface area contributed by atoms with Crippen LogP contribution in [-0.4, -0.2) is 116 Å². The summed E-state index contributed by atoms with van der Waals surface area (Å²) in [5.41, 5.74) is 0.905. The van der Waals surface area contributed by atoms with Crippen LogP contribution < -0.4 is 10.2 Å². The molecule has 0 spiro atoms. The third kappa shape index (κ3) is 7.18. The molecule has 0 saturated carbocycles. The summed E-state index contributed by atoms with van der Waals surface area (Å²) in [6, 6.07) is 5.54. The van der Waals surface area contributed by atoms with Crippen molar-refractivity contribution in [3.8, 4) is 0 Å². The molecule has 0 aromatic heterocycles. The lowest BCUT2D eigenvalue weighted by atomic mass is 10.1. The standard InChI is InChI=1S/C24H32N6O8/c1-4-36-20(32)15-29-11-10-28(14-19(29)31)12-18-13-30(24(35)38-18)17-8-6-16(7-9-17)21(25)26-22(33)27(3)23(34)37-5-2/h6-9,18H,4-5,10-15H2,1-3H3,(H2,25,26,33). The lowest BCUT2D eigenvalue weighted by Crippen LogP contribution is -2.53. The number of piperazine rings is 1. The van der Waals surface area contributed by atoms with E-state index in [0.29, 0.717) is 30.9 Å². The topological polar surface area (TPSA) is 162 Å². The fourth-order valence-corrected chi connectivity index (χ4v) is 3.93. The number of amides is 5. The number of hydrogen-bond acceptors (Lipinski definition) is 10. The summed E-state index contributed by atoms with van der Waals surface area (Å²) >= 11 is 0. The van der Waals surface area contributed by atoms with E-state index in [1.54, 1.807) is 38.1 Å². The number of cyclic esters (lactones) is 1. The Kier molecular flexibility index (Phi) is 9.60. The molecule has 2 saturated heterocycles. The first-order valence-electron chi connectivity index (χ1n) is 12.2. The van der Waals surface area contributed by atoms with Crippen molar-refractivity contribution in [1.29, 1.82) is 5.41 Å². The fraction of sp³-hybridized carbons (Fsp3) is 0.500. The Morgan fingerprint density at radius 3 is 2.42 bits per heavy atom. The van der Waals surface area contributed by atoms with Crippen LogP contribution >= 0.6 is 0 Å². The predicted octanol–water partition coefficient (Wildman–Crippen LogP) is 0.842. The minimum absolute atomic E-state index is 0.0774. The molecule has 1 aromatic carbocycles. The van der Waals surface area contributed by atoms with E-state index in [2.05, 4.69) is 5.32 Å². The minimum Gasteiger partial charge on any atom is -0.465 e. The van der Waals surface area contributed by atoms with E-state index in [4.69, 9.17) is 19.6 Å². The molecule has 1 atom stereocenters. The van der Waals surface area contributed by atoms with E-state index in [9.17, 15) is 24.0 Å². The number of benzene rings is 1. The number of rotatable bonds is 8. The molecule has 0 radical (unpaired) electrons. The average molecular weight is 533 g/mol. The van der Waals surface area contributed by atoms with Crippen molar-refractivity contribution in [2.75, 3.05) is 64.4 Å². The zero-order chi connectivity index (χ0) is 27.8. The molecule has 5 amide bonds. The molecule has 14 heteroatoms. The van der Waals surface area contributed by atoms with Crippen LogP contribution in [0.1, 0.15) is 19.4 Å². The van der Waals surface area contributed by atoms with E-state index in [1.807, 2.05) is 4.90 Å². The highest BCUT2D eigenvalue weighted by atomic mass is 16.6. The first kappa shape index (κ1) is 28.4. The van der Waals surface area contributed by atoms with E-state index in [0.717, 1.165) is 4.90 Å². The van der Waals surface area contributed by atoms with Crippen LogP contribution in [0.3, 0.4) is 0 Å². The molecule has 1 unspecified atom stereocenters. The second-order valence-corrected chi connectivity index (χ2v) is 8.58. The second kappa shape index (κ2) is 12.9. The number of urea groups is 1.